The Balaban J connectivity index is 1.22. The van der Waals surface area contributed by atoms with Gasteiger partial charge in [0.1, 0.15) is 11.5 Å². The van der Waals surface area contributed by atoms with Crippen LogP contribution in [0.3, 0.4) is 0 Å². The number of imidazole rings is 1. The van der Waals surface area contributed by atoms with Gasteiger partial charge in [-0.2, -0.15) is 0 Å². The molecule has 0 saturated heterocycles. The SMILES string of the molecule is C[C@@H](NC(=O)C1CCC(NS(=O)(=O)c2cccc3nc(-c4ccccc4)cn23)CC1)c1ccc(F)cc1. The number of hydrogen-bond acceptors (Lipinski definition) is 4. The van der Waals surface area contributed by atoms with Crippen molar-refractivity contribution in [3.63, 3.8) is 0 Å². The Kier molecular flexibility index (Phi) is 7.08. The fraction of sp³-hybridized carbons (Fsp3) is 0.286. The number of pyridine rings is 1. The van der Waals surface area contributed by atoms with Gasteiger partial charge in [0.05, 0.1) is 11.7 Å². The zero-order valence-electron chi connectivity index (χ0n) is 20.5. The van der Waals surface area contributed by atoms with Gasteiger partial charge in [-0.25, -0.2) is 22.5 Å². The average molecular weight is 521 g/mol. The quantitative estimate of drug-likeness (QED) is 0.364. The van der Waals surface area contributed by atoms with Crippen molar-refractivity contribution >= 4 is 21.6 Å². The van der Waals surface area contributed by atoms with Gasteiger partial charge in [-0.1, -0.05) is 48.5 Å². The van der Waals surface area contributed by atoms with E-state index >= 15 is 0 Å². The Morgan fingerprint density at radius 1 is 0.973 bits per heavy atom. The Labute approximate surface area is 215 Å². The largest absolute Gasteiger partial charge is 0.349 e. The predicted molar refractivity (Wildman–Crippen MR) is 140 cm³/mol. The maximum atomic E-state index is 13.3. The Morgan fingerprint density at radius 3 is 2.38 bits per heavy atom. The third-order valence-electron chi connectivity index (χ3n) is 6.95. The van der Waals surface area contributed by atoms with E-state index in [0.29, 0.717) is 37.0 Å². The molecule has 0 bridgehead atoms. The van der Waals surface area contributed by atoms with Crippen molar-refractivity contribution in [1.82, 2.24) is 19.4 Å². The fourth-order valence-corrected chi connectivity index (χ4v) is 6.33. The predicted octanol–water partition coefficient (Wildman–Crippen LogP) is 4.85. The first-order valence-corrected chi connectivity index (χ1v) is 13.9. The molecule has 1 amide bonds. The average Bonchev–Trinajstić information content (AvgIpc) is 3.34. The highest BCUT2D eigenvalue weighted by atomic mass is 32.2. The van der Waals surface area contributed by atoms with Crippen molar-refractivity contribution in [3.8, 4) is 11.3 Å². The van der Waals surface area contributed by atoms with E-state index in [1.54, 1.807) is 40.9 Å². The monoisotopic (exact) mass is 520 g/mol. The number of rotatable bonds is 7. The number of sulfonamides is 1. The molecule has 0 spiro atoms. The Bertz CT molecular complexity index is 1500. The number of carbonyl (C=O) groups excluding carboxylic acids is 1. The van der Waals surface area contributed by atoms with E-state index in [1.807, 2.05) is 37.3 Å². The molecule has 1 aliphatic carbocycles. The molecule has 1 fully saturated rings. The number of amides is 1. The van der Waals surface area contributed by atoms with Crippen molar-refractivity contribution in [2.45, 2.75) is 49.7 Å². The first-order valence-electron chi connectivity index (χ1n) is 12.4. The molecule has 2 heterocycles. The molecule has 7 nitrogen and oxygen atoms in total. The minimum atomic E-state index is -3.81. The lowest BCUT2D eigenvalue weighted by Crippen LogP contribution is -2.41. The van der Waals surface area contributed by atoms with Crippen molar-refractivity contribution in [1.29, 1.82) is 0 Å². The van der Waals surface area contributed by atoms with Gasteiger partial charge < -0.3 is 5.32 Å². The second-order valence-electron chi connectivity index (χ2n) is 9.54. The van der Waals surface area contributed by atoms with Crippen molar-refractivity contribution < 1.29 is 17.6 Å². The second kappa shape index (κ2) is 10.4. The molecule has 9 heteroatoms. The van der Waals surface area contributed by atoms with Crippen LogP contribution in [-0.2, 0) is 14.8 Å². The van der Waals surface area contributed by atoms with E-state index in [1.165, 1.54) is 12.1 Å². The van der Waals surface area contributed by atoms with E-state index in [4.69, 9.17) is 0 Å². The molecular weight excluding hydrogens is 491 g/mol. The number of halogens is 1. The summed E-state index contributed by atoms with van der Waals surface area (Å²) in [4.78, 5) is 17.4. The van der Waals surface area contributed by atoms with Crippen LogP contribution in [0.5, 0.6) is 0 Å². The molecule has 0 unspecified atom stereocenters. The Morgan fingerprint density at radius 2 is 1.68 bits per heavy atom. The van der Waals surface area contributed by atoms with Crippen LogP contribution in [0, 0.1) is 11.7 Å². The van der Waals surface area contributed by atoms with Gasteiger partial charge in [-0.15, -0.1) is 0 Å². The summed E-state index contributed by atoms with van der Waals surface area (Å²) in [5.41, 5.74) is 3.00. The fourth-order valence-electron chi connectivity index (χ4n) is 4.87. The van der Waals surface area contributed by atoms with Crippen LogP contribution in [0.1, 0.15) is 44.2 Å². The normalized spacial score (nSPS) is 19.0. The van der Waals surface area contributed by atoms with Crippen molar-refractivity contribution in [2.75, 3.05) is 0 Å². The molecule has 1 aliphatic rings. The highest BCUT2D eigenvalue weighted by molar-refractivity contribution is 7.89. The van der Waals surface area contributed by atoms with Crippen LogP contribution in [-0.4, -0.2) is 29.8 Å². The summed E-state index contributed by atoms with van der Waals surface area (Å²) in [5, 5.41) is 3.13. The topological polar surface area (TPSA) is 92.6 Å². The highest BCUT2D eigenvalue weighted by Crippen LogP contribution is 2.27. The van der Waals surface area contributed by atoms with Gasteiger partial charge in [0, 0.05) is 23.7 Å². The summed E-state index contributed by atoms with van der Waals surface area (Å²) < 4.78 is 44.3. The summed E-state index contributed by atoms with van der Waals surface area (Å²) in [6, 6.07) is 20.2. The van der Waals surface area contributed by atoms with Crippen LogP contribution in [0.15, 0.2) is 84.0 Å². The zero-order chi connectivity index (χ0) is 26.0. The standard InChI is InChI=1S/C28H29FN4O3S/c1-19(20-10-14-23(29)15-11-20)30-28(34)22-12-16-24(17-13-22)32-37(35,36)27-9-5-8-26-31-25(18-33(26)27)21-6-3-2-4-7-21/h2-11,14-15,18-19,22,24,32H,12-13,16-17H2,1H3,(H,30,34)/t19-,22?,24?/m1/s1. The molecule has 2 N–H and O–H groups in total. The third kappa shape index (κ3) is 5.57. The summed E-state index contributed by atoms with van der Waals surface area (Å²) in [7, 11) is -3.81. The number of nitrogens with zero attached hydrogens (tertiary/aromatic N) is 2. The third-order valence-corrected chi connectivity index (χ3v) is 8.48. The Hall–Kier alpha value is -3.56. The van der Waals surface area contributed by atoms with E-state index < -0.39 is 10.0 Å². The summed E-state index contributed by atoms with van der Waals surface area (Å²) in [6.45, 7) is 1.87. The lowest BCUT2D eigenvalue weighted by atomic mass is 9.85. The first kappa shape index (κ1) is 25.1. The number of nitrogens with one attached hydrogen (secondary N) is 2. The number of carbonyl (C=O) groups is 1. The summed E-state index contributed by atoms with van der Waals surface area (Å²) in [5.74, 6) is -0.562. The van der Waals surface area contributed by atoms with Gasteiger partial charge in [0.25, 0.3) is 10.0 Å². The second-order valence-corrected chi connectivity index (χ2v) is 11.2. The van der Waals surface area contributed by atoms with Crippen LogP contribution < -0.4 is 10.0 Å². The molecule has 1 atom stereocenters. The van der Waals surface area contributed by atoms with Crippen molar-refractivity contribution in [3.05, 3.63) is 90.4 Å². The van der Waals surface area contributed by atoms with E-state index in [2.05, 4.69) is 15.0 Å². The number of benzene rings is 2. The van der Waals surface area contributed by atoms with E-state index in [-0.39, 0.29) is 34.8 Å². The molecule has 192 valence electrons. The number of aromatic nitrogens is 2. The maximum absolute atomic E-state index is 13.3. The van der Waals surface area contributed by atoms with Crippen LogP contribution >= 0.6 is 0 Å². The van der Waals surface area contributed by atoms with Gasteiger partial charge in [-0.05, 0) is 62.4 Å². The molecule has 0 radical (unpaired) electrons. The number of fused-ring (bicyclic) bond motifs is 1. The molecule has 0 aliphatic heterocycles. The van der Waals surface area contributed by atoms with Crippen LogP contribution in [0.25, 0.3) is 16.9 Å². The summed E-state index contributed by atoms with van der Waals surface area (Å²) in [6.07, 6.45) is 4.04. The molecular formula is C28H29FN4O3S. The summed E-state index contributed by atoms with van der Waals surface area (Å²) >= 11 is 0. The first-order chi connectivity index (χ1) is 17.8. The van der Waals surface area contributed by atoms with Crippen LogP contribution in [0.2, 0.25) is 0 Å². The molecule has 37 heavy (non-hydrogen) atoms. The lowest BCUT2D eigenvalue weighted by Gasteiger charge is -2.29. The van der Waals surface area contributed by atoms with E-state index in [9.17, 15) is 17.6 Å². The van der Waals surface area contributed by atoms with Crippen LogP contribution in [0.4, 0.5) is 4.39 Å². The smallest absolute Gasteiger partial charge is 0.256 e. The molecule has 5 rings (SSSR count). The molecule has 2 aromatic carbocycles. The number of hydrogen-bond donors (Lipinski definition) is 2. The molecule has 1 saturated carbocycles. The van der Waals surface area contributed by atoms with Crippen molar-refractivity contribution in [2.24, 2.45) is 5.92 Å². The van der Waals surface area contributed by atoms with Gasteiger partial charge >= 0.3 is 0 Å². The molecule has 4 aromatic rings. The lowest BCUT2D eigenvalue weighted by molar-refractivity contribution is -0.126. The minimum Gasteiger partial charge on any atom is -0.349 e. The van der Waals surface area contributed by atoms with Gasteiger partial charge in [-0.3, -0.25) is 9.20 Å². The highest BCUT2D eigenvalue weighted by Gasteiger charge is 2.30. The molecule has 2 aromatic heterocycles. The van der Waals surface area contributed by atoms with Gasteiger partial charge in [0.15, 0.2) is 5.03 Å². The van der Waals surface area contributed by atoms with E-state index in [0.717, 1.165) is 11.1 Å². The van der Waals surface area contributed by atoms with Gasteiger partial charge in [0.2, 0.25) is 5.91 Å². The zero-order valence-corrected chi connectivity index (χ0v) is 21.3. The maximum Gasteiger partial charge on any atom is 0.256 e. The minimum absolute atomic E-state index is 0.0604.